The highest BCUT2D eigenvalue weighted by Crippen LogP contribution is 2.39. The molecule has 2 heterocycles. The zero-order valence-electron chi connectivity index (χ0n) is 12.8. The lowest BCUT2D eigenvalue weighted by molar-refractivity contribution is -0.253. The van der Waals surface area contributed by atoms with Crippen LogP contribution in [0.5, 0.6) is 5.75 Å². The number of alkyl halides is 3. The second kappa shape index (κ2) is 5.62. The number of ether oxygens (including phenoxy) is 1. The number of carbonyl (C=O) groups is 1. The minimum atomic E-state index is -4.79. The summed E-state index contributed by atoms with van der Waals surface area (Å²) in [6, 6.07) is 6.80. The first-order chi connectivity index (χ1) is 11.3. The molecule has 2 aromatic rings. The SMILES string of the molecule is COc1cnc2ccccc2c1C(=O)N1CC[C@@](O)(C(F)(F)F)C1. The van der Waals surface area contributed by atoms with Gasteiger partial charge in [0.2, 0.25) is 0 Å². The third kappa shape index (κ3) is 2.56. The number of benzene rings is 1. The number of halogens is 3. The molecular formula is C16H15F3N2O3. The van der Waals surface area contributed by atoms with Gasteiger partial charge in [0, 0.05) is 18.4 Å². The molecule has 128 valence electrons. The Hall–Kier alpha value is -2.35. The summed E-state index contributed by atoms with van der Waals surface area (Å²) in [4.78, 5) is 18.0. The molecule has 1 aliphatic heterocycles. The Kier molecular flexibility index (Phi) is 3.87. The number of aromatic nitrogens is 1. The van der Waals surface area contributed by atoms with E-state index in [1.54, 1.807) is 24.3 Å². The average molecular weight is 340 g/mol. The Labute approximate surface area is 135 Å². The van der Waals surface area contributed by atoms with Crippen molar-refractivity contribution in [2.75, 3.05) is 20.2 Å². The Morgan fingerprint density at radius 2 is 2.08 bits per heavy atom. The number of β-amino-alcohol motifs (C(OH)–C–C–N with tert-alkyl or cyclic N) is 1. The molecule has 1 N–H and O–H groups in total. The van der Waals surface area contributed by atoms with Gasteiger partial charge in [0.1, 0.15) is 0 Å². The van der Waals surface area contributed by atoms with Gasteiger partial charge >= 0.3 is 6.18 Å². The Bertz CT molecular complexity index is 794. The van der Waals surface area contributed by atoms with Crippen LogP contribution >= 0.6 is 0 Å². The topological polar surface area (TPSA) is 62.7 Å². The van der Waals surface area contributed by atoms with Gasteiger partial charge in [-0.1, -0.05) is 18.2 Å². The highest BCUT2D eigenvalue weighted by molar-refractivity contribution is 6.08. The highest BCUT2D eigenvalue weighted by Gasteiger charge is 2.58. The second-order valence-electron chi connectivity index (χ2n) is 5.72. The number of aliphatic hydroxyl groups is 1. The highest BCUT2D eigenvalue weighted by atomic mass is 19.4. The number of nitrogens with zero attached hydrogens (tertiary/aromatic N) is 2. The summed E-state index contributed by atoms with van der Waals surface area (Å²) in [5, 5.41) is 10.3. The van der Waals surface area contributed by atoms with E-state index in [9.17, 15) is 23.1 Å². The summed E-state index contributed by atoms with van der Waals surface area (Å²) in [5.41, 5.74) is -2.19. The Morgan fingerprint density at radius 1 is 1.38 bits per heavy atom. The van der Waals surface area contributed by atoms with Crippen LogP contribution in [-0.2, 0) is 0 Å². The van der Waals surface area contributed by atoms with Gasteiger partial charge in [0.05, 0.1) is 30.9 Å². The van der Waals surface area contributed by atoms with Gasteiger partial charge in [-0.3, -0.25) is 9.78 Å². The van der Waals surface area contributed by atoms with Crippen molar-refractivity contribution in [1.82, 2.24) is 9.88 Å². The Morgan fingerprint density at radius 3 is 2.71 bits per heavy atom. The third-order valence-corrected chi connectivity index (χ3v) is 4.24. The molecule has 1 amide bonds. The molecule has 0 saturated carbocycles. The predicted molar refractivity (Wildman–Crippen MR) is 79.8 cm³/mol. The summed E-state index contributed by atoms with van der Waals surface area (Å²) in [6.07, 6.45) is -3.97. The number of methoxy groups -OCH3 is 1. The van der Waals surface area contributed by atoms with Gasteiger partial charge in [-0.25, -0.2) is 0 Å². The first kappa shape index (κ1) is 16.5. The summed E-state index contributed by atoms with van der Waals surface area (Å²) in [6.45, 7) is -0.982. The van der Waals surface area contributed by atoms with Crippen molar-refractivity contribution in [2.45, 2.75) is 18.2 Å². The maximum Gasteiger partial charge on any atom is 0.419 e. The third-order valence-electron chi connectivity index (χ3n) is 4.24. The van der Waals surface area contributed by atoms with Crippen LogP contribution in [0.4, 0.5) is 13.2 Å². The van der Waals surface area contributed by atoms with E-state index in [0.717, 1.165) is 4.90 Å². The number of fused-ring (bicyclic) bond motifs is 1. The van der Waals surface area contributed by atoms with E-state index in [1.807, 2.05) is 0 Å². The number of likely N-dealkylation sites (tertiary alicyclic amines) is 1. The van der Waals surface area contributed by atoms with Gasteiger partial charge in [0.25, 0.3) is 5.91 Å². The van der Waals surface area contributed by atoms with Crippen LogP contribution in [0.1, 0.15) is 16.8 Å². The molecule has 24 heavy (non-hydrogen) atoms. The predicted octanol–water partition coefficient (Wildman–Crippen LogP) is 2.38. The standard InChI is InChI=1S/C16H15F3N2O3/c1-24-12-8-20-11-5-3-2-4-10(11)13(12)14(22)21-7-6-15(23,9-21)16(17,18)19/h2-5,8,23H,6-7,9H2,1H3/t15-/m0/s1. The monoisotopic (exact) mass is 340 g/mol. The fourth-order valence-corrected chi connectivity index (χ4v) is 2.86. The zero-order valence-corrected chi connectivity index (χ0v) is 12.8. The fraction of sp³-hybridized carbons (Fsp3) is 0.375. The summed E-state index contributed by atoms with van der Waals surface area (Å²) in [7, 11) is 1.36. The van der Waals surface area contributed by atoms with Gasteiger partial charge < -0.3 is 14.7 Å². The van der Waals surface area contributed by atoms with E-state index < -0.39 is 30.7 Å². The molecule has 0 unspecified atom stereocenters. The molecule has 1 fully saturated rings. The van der Waals surface area contributed by atoms with Crippen molar-refractivity contribution in [3.8, 4) is 5.75 Å². The lowest BCUT2D eigenvalue weighted by atomic mass is 10.0. The van der Waals surface area contributed by atoms with Crippen LogP contribution in [0.3, 0.4) is 0 Å². The van der Waals surface area contributed by atoms with Gasteiger partial charge in [-0.15, -0.1) is 0 Å². The minimum absolute atomic E-state index is 0.148. The molecule has 8 heteroatoms. The summed E-state index contributed by atoms with van der Waals surface area (Å²) >= 11 is 0. The molecule has 3 rings (SSSR count). The summed E-state index contributed by atoms with van der Waals surface area (Å²) in [5.74, 6) is -0.438. The molecular weight excluding hydrogens is 325 g/mol. The van der Waals surface area contributed by atoms with E-state index in [2.05, 4.69) is 4.98 Å². The molecule has 1 aromatic carbocycles. The van der Waals surface area contributed by atoms with E-state index in [1.165, 1.54) is 13.3 Å². The number of hydrogen-bond donors (Lipinski definition) is 1. The maximum atomic E-state index is 13.0. The molecule has 0 bridgehead atoms. The lowest BCUT2D eigenvalue weighted by Crippen LogP contribution is -2.48. The molecule has 0 radical (unpaired) electrons. The van der Waals surface area contributed by atoms with Gasteiger partial charge in [-0.2, -0.15) is 13.2 Å². The van der Waals surface area contributed by atoms with Crippen molar-refractivity contribution in [3.63, 3.8) is 0 Å². The molecule has 5 nitrogen and oxygen atoms in total. The van der Waals surface area contributed by atoms with Gasteiger partial charge in [-0.05, 0) is 6.07 Å². The van der Waals surface area contributed by atoms with E-state index >= 15 is 0 Å². The van der Waals surface area contributed by atoms with Crippen molar-refractivity contribution in [1.29, 1.82) is 0 Å². The smallest absolute Gasteiger partial charge is 0.419 e. The van der Waals surface area contributed by atoms with Crippen LogP contribution < -0.4 is 4.74 Å². The van der Waals surface area contributed by atoms with Crippen LogP contribution in [0.25, 0.3) is 10.9 Å². The van der Waals surface area contributed by atoms with Crippen molar-refractivity contribution < 1.29 is 27.8 Å². The number of rotatable bonds is 2. The van der Waals surface area contributed by atoms with E-state index in [4.69, 9.17) is 4.74 Å². The van der Waals surface area contributed by atoms with Crippen LogP contribution in [0.2, 0.25) is 0 Å². The molecule has 0 aliphatic carbocycles. The first-order valence-electron chi connectivity index (χ1n) is 7.27. The number of carbonyl (C=O) groups excluding carboxylic acids is 1. The van der Waals surface area contributed by atoms with E-state index in [0.29, 0.717) is 10.9 Å². The number of pyridine rings is 1. The quantitative estimate of drug-likeness (QED) is 0.912. The normalized spacial score (nSPS) is 21.3. The molecule has 1 saturated heterocycles. The van der Waals surface area contributed by atoms with Gasteiger partial charge in [0.15, 0.2) is 11.4 Å². The zero-order chi connectivity index (χ0) is 17.5. The minimum Gasteiger partial charge on any atom is -0.494 e. The molecule has 1 aromatic heterocycles. The first-order valence-corrected chi connectivity index (χ1v) is 7.27. The largest absolute Gasteiger partial charge is 0.494 e. The molecule has 0 spiro atoms. The van der Waals surface area contributed by atoms with Crippen molar-refractivity contribution in [3.05, 3.63) is 36.0 Å². The number of hydrogen-bond acceptors (Lipinski definition) is 4. The number of amides is 1. The Balaban J connectivity index is 2.01. The summed E-state index contributed by atoms with van der Waals surface area (Å²) < 4.78 is 44.0. The maximum absolute atomic E-state index is 13.0. The van der Waals surface area contributed by atoms with Crippen LogP contribution in [0.15, 0.2) is 30.5 Å². The second-order valence-corrected chi connectivity index (χ2v) is 5.72. The molecule has 1 aliphatic rings. The number of para-hydroxylation sites is 1. The average Bonchev–Trinajstić information content (AvgIpc) is 2.96. The van der Waals surface area contributed by atoms with Crippen LogP contribution in [-0.4, -0.2) is 52.9 Å². The lowest BCUT2D eigenvalue weighted by Gasteiger charge is -2.26. The fourth-order valence-electron chi connectivity index (χ4n) is 2.86. The van der Waals surface area contributed by atoms with E-state index in [-0.39, 0.29) is 17.9 Å². The molecule has 1 atom stereocenters. The van der Waals surface area contributed by atoms with Crippen LogP contribution in [0, 0.1) is 0 Å². The van der Waals surface area contributed by atoms with Crippen molar-refractivity contribution in [2.24, 2.45) is 0 Å². The van der Waals surface area contributed by atoms with Crippen molar-refractivity contribution >= 4 is 16.8 Å².